The summed E-state index contributed by atoms with van der Waals surface area (Å²) in [5, 5.41) is -1.21. The molecule has 0 amide bonds. The molecule has 0 aromatic heterocycles. The van der Waals surface area contributed by atoms with E-state index in [9.17, 15) is 22.6 Å². The van der Waals surface area contributed by atoms with Crippen LogP contribution in [0.3, 0.4) is 0 Å². The number of carbonyl (C=O) groups excluding carboxylic acids is 2. The normalized spacial score (nSPS) is 12.2. The van der Waals surface area contributed by atoms with Gasteiger partial charge < -0.3 is 9.47 Å². The first-order valence-electron chi connectivity index (χ1n) is 17.7. The number of hydrogen-bond acceptors (Lipinski definition) is 6. The fourth-order valence-electron chi connectivity index (χ4n) is 5.45. The van der Waals surface area contributed by atoms with E-state index in [4.69, 9.17) is 9.47 Å². The fourth-order valence-corrected chi connectivity index (χ4v) is 6.11. The van der Waals surface area contributed by atoms with E-state index in [1.807, 2.05) is 0 Å². The molecule has 0 saturated carbocycles. The Bertz CT molecular complexity index is 976. The molecule has 0 bridgehead atoms. The smallest absolute Gasteiger partial charge is 0.339 e. The molecule has 0 spiro atoms. The van der Waals surface area contributed by atoms with Crippen LogP contribution in [0.5, 0.6) is 0 Å². The highest BCUT2D eigenvalue weighted by Crippen LogP contribution is 2.17. The maximum atomic E-state index is 12.6. The highest BCUT2D eigenvalue weighted by Gasteiger charge is 2.25. The van der Waals surface area contributed by atoms with Gasteiger partial charge in [-0.05, 0) is 25.0 Å². The van der Waals surface area contributed by atoms with Gasteiger partial charge in [0.05, 0.1) is 17.7 Å². The zero-order chi connectivity index (χ0) is 32.3. The van der Waals surface area contributed by atoms with Crippen molar-refractivity contribution >= 4 is 22.1 Å². The van der Waals surface area contributed by atoms with Crippen molar-refractivity contribution in [2.75, 3.05) is 13.2 Å². The van der Waals surface area contributed by atoms with Crippen LogP contribution in [-0.2, 0) is 19.6 Å². The number of esters is 2. The molecule has 0 heterocycles. The summed E-state index contributed by atoms with van der Waals surface area (Å²) in [6.07, 6.45) is 29.1. The van der Waals surface area contributed by atoms with Crippen LogP contribution < -0.4 is 0 Å². The Morgan fingerprint density at radius 2 is 0.932 bits per heavy atom. The van der Waals surface area contributed by atoms with Crippen molar-refractivity contribution in [3.05, 3.63) is 35.4 Å². The zero-order valence-corrected chi connectivity index (χ0v) is 28.7. The number of carbonyl (C=O) groups is 2. The molecule has 1 unspecified atom stereocenters. The molecule has 1 aromatic rings. The van der Waals surface area contributed by atoms with Gasteiger partial charge in [0.1, 0.15) is 11.9 Å². The third kappa shape index (κ3) is 20.2. The predicted octanol–water partition coefficient (Wildman–Crippen LogP) is 10.3. The van der Waals surface area contributed by atoms with Crippen molar-refractivity contribution in [1.82, 2.24) is 0 Å². The molecule has 1 rings (SSSR count). The Morgan fingerprint density at radius 3 is 1.27 bits per heavy atom. The van der Waals surface area contributed by atoms with Gasteiger partial charge in [-0.3, -0.25) is 4.55 Å². The lowest BCUT2D eigenvalue weighted by molar-refractivity contribution is 0.0452. The molecule has 1 atom stereocenters. The predicted molar refractivity (Wildman–Crippen MR) is 180 cm³/mol. The minimum absolute atomic E-state index is 0.0109. The van der Waals surface area contributed by atoms with Gasteiger partial charge in [0.25, 0.3) is 10.1 Å². The average Bonchev–Trinajstić information content (AvgIpc) is 3.00. The van der Waals surface area contributed by atoms with Crippen LogP contribution in [0.4, 0.5) is 0 Å². The topological polar surface area (TPSA) is 107 Å². The highest BCUT2D eigenvalue weighted by atomic mass is 32.2. The summed E-state index contributed by atoms with van der Waals surface area (Å²) < 4.78 is 42.4. The molecule has 8 heteroatoms. The van der Waals surface area contributed by atoms with E-state index >= 15 is 0 Å². The summed E-state index contributed by atoms with van der Waals surface area (Å²) in [6.45, 7) is 3.64. The molecule has 1 aromatic carbocycles. The summed E-state index contributed by atoms with van der Waals surface area (Å²) in [6, 6.07) is 6.14. The van der Waals surface area contributed by atoms with Crippen molar-refractivity contribution in [2.24, 2.45) is 0 Å². The van der Waals surface area contributed by atoms with Crippen LogP contribution >= 0.6 is 0 Å². The molecule has 0 radical (unpaired) electrons. The lowest BCUT2D eigenvalue weighted by Gasteiger charge is -2.13. The first kappa shape index (κ1) is 40.1. The first-order valence-corrected chi connectivity index (χ1v) is 19.2. The Balaban J connectivity index is 2.00. The number of hydrogen-bond donors (Lipinski definition) is 1. The molecule has 0 saturated heterocycles. The molecule has 7 nitrogen and oxygen atoms in total. The summed E-state index contributed by atoms with van der Waals surface area (Å²) in [5.41, 5.74) is 0.0907. The quantitative estimate of drug-likeness (QED) is 0.0528. The van der Waals surface area contributed by atoms with Gasteiger partial charge in [-0.25, -0.2) is 9.59 Å². The molecular weight excluding hydrogens is 576 g/mol. The lowest BCUT2D eigenvalue weighted by atomic mass is 10.0. The van der Waals surface area contributed by atoms with Crippen LogP contribution in [-0.4, -0.2) is 43.4 Å². The van der Waals surface area contributed by atoms with Gasteiger partial charge in [-0.15, -0.1) is 0 Å². The van der Waals surface area contributed by atoms with Gasteiger partial charge >= 0.3 is 11.9 Å². The maximum absolute atomic E-state index is 12.6. The van der Waals surface area contributed by atoms with E-state index in [0.717, 1.165) is 19.3 Å². The van der Waals surface area contributed by atoms with Gasteiger partial charge in [-0.2, -0.15) is 8.42 Å². The van der Waals surface area contributed by atoms with Crippen molar-refractivity contribution in [3.8, 4) is 0 Å². The minimum atomic E-state index is -4.33. The maximum Gasteiger partial charge on any atom is 0.339 e. The molecule has 44 heavy (non-hydrogen) atoms. The van der Waals surface area contributed by atoms with Crippen molar-refractivity contribution < 1.29 is 32.0 Å². The van der Waals surface area contributed by atoms with Crippen LogP contribution in [0.25, 0.3) is 0 Å². The van der Waals surface area contributed by atoms with E-state index in [-0.39, 0.29) is 24.2 Å². The Hall–Kier alpha value is -1.93. The molecular formula is C36H62O7S. The van der Waals surface area contributed by atoms with Crippen molar-refractivity contribution in [2.45, 2.75) is 167 Å². The van der Waals surface area contributed by atoms with Crippen LogP contribution in [0, 0.1) is 0 Å². The minimum Gasteiger partial charge on any atom is -0.462 e. The van der Waals surface area contributed by atoms with E-state index in [0.29, 0.717) is 0 Å². The van der Waals surface area contributed by atoms with Crippen molar-refractivity contribution in [3.63, 3.8) is 0 Å². The monoisotopic (exact) mass is 638 g/mol. The first-order chi connectivity index (χ1) is 21.3. The lowest BCUT2D eigenvalue weighted by Crippen LogP contribution is -2.27. The van der Waals surface area contributed by atoms with Gasteiger partial charge in [0.15, 0.2) is 0 Å². The average molecular weight is 639 g/mol. The third-order valence-electron chi connectivity index (χ3n) is 8.37. The molecule has 254 valence electrons. The van der Waals surface area contributed by atoms with E-state index < -0.39 is 33.9 Å². The second-order valence-corrected chi connectivity index (χ2v) is 13.9. The Morgan fingerprint density at radius 1 is 0.591 bits per heavy atom. The Kier molecular flexibility index (Phi) is 24.0. The number of unbranched alkanes of at least 4 members (excludes halogenated alkanes) is 21. The van der Waals surface area contributed by atoms with Crippen molar-refractivity contribution in [1.29, 1.82) is 0 Å². The summed E-state index contributed by atoms with van der Waals surface area (Å²) in [7, 11) is -4.33. The highest BCUT2D eigenvalue weighted by molar-refractivity contribution is 7.86. The fraction of sp³-hybridized carbons (Fsp3) is 0.778. The summed E-state index contributed by atoms with van der Waals surface area (Å²) in [4.78, 5) is 25.1. The van der Waals surface area contributed by atoms with Crippen LogP contribution in [0.15, 0.2) is 24.3 Å². The SMILES string of the molecule is CCCCCCCCCCCCCCCCCCCCCCCCOC(=O)c1ccccc1C(=O)OCC(CC)S(=O)(=O)O. The van der Waals surface area contributed by atoms with Gasteiger partial charge in [0.2, 0.25) is 0 Å². The van der Waals surface area contributed by atoms with Crippen LogP contribution in [0.2, 0.25) is 0 Å². The van der Waals surface area contributed by atoms with E-state index in [2.05, 4.69) is 6.92 Å². The zero-order valence-electron chi connectivity index (χ0n) is 27.9. The van der Waals surface area contributed by atoms with Gasteiger partial charge in [0, 0.05) is 0 Å². The van der Waals surface area contributed by atoms with E-state index in [1.54, 1.807) is 19.1 Å². The molecule has 0 aliphatic rings. The number of ether oxygens (including phenoxy) is 2. The molecule has 0 aliphatic carbocycles. The van der Waals surface area contributed by atoms with Gasteiger partial charge in [-0.1, -0.05) is 161 Å². The third-order valence-corrected chi connectivity index (χ3v) is 9.69. The summed E-state index contributed by atoms with van der Waals surface area (Å²) in [5.74, 6) is -1.44. The van der Waals surface area contributed by atoms with E-state index in [1.165, 1.54) is 134 Å². The standard InChI is InChI=1S/C36H62O7S/c1-3-5-6-7-8-9-10-11-12-13-14-15-16-17-18-19-20-21-22-23-24-27-30-42-35(37)33-28-25-26-29-34(33)36(38)43-31-32(4-2)44(39,40)41/h25-26,28-29,32H,3-24,27,30-31H2,1-2H3,(H,39,40,41). The second-order valence-electron chi connectivity index (χ2n) is 12.2. The summed E-state index contributed by atoms with van der Waals surface area (Å²) >= 11 is 0. The number of rotatable bonds is 29. The largest absolute Gasteiger partial charge is 0.462 e. The second kappa shape index (κ2) is 26.3. The molecule has 1 N–H and O–H groups in total. The molecule has 0 aliphatic heterocycles. The number of benzene rings is 1. The molecule has 0 fully saturated rings. The Labute approximate surface area is 269 Å². The van der Waals surface area contributed by atoms with Crippen LogP contribution in [0.1, 0.15) is 182 Å².